The molecule has 1 nitrogen and oxygen atoms in total. The van der Waals surface area contributed by atoms with Gasteiger partial charge in [0.05, 0.1) is 6.10 Å². The Balaban J connectivity index is 2.31. The van der Waals surface area contributed by atoms with Gasteiger partial charge in [0.2, 0.25) is 0 Å². The summed E-state index contributed by atoms with van der Waals surface area (Å²) in [6.45, 7) is 4.38. The maximum absolute atomic E-state index is 5.96. The lowest BCUT2D eigenvalue weighted by Crippen LogP contribution is -2.19. The smallest absolute Gasteiger partial charge is 0.118 e. The number of rotatable bonds is 6. The molecule has 0 unspecified atom stereocenters. The summed E-state index contributed by atoms with van der Waals surface area (Å²) in [6, 6.07) is 0. The molecule has 0 N–H and O–H groups in total. The topological polar surface area (TPSA) is 9.23 Å². The van der Waals surface area contributed by atoms with Crippen molar-refractivity contribution in [3.8, 4) is 11.8 Å². The highest BCUT2D eigenvalue weighted by molar-refractivity contribution is 5.12. The van der Waals surface area contributed by atoms with Gasteiger partial charge >= 0.3 is 0 Å². The maximum atomic E-state index is 5.96. The Labute approximate surface area is 100 Å². The Morgan fingerprint density at radius 1 is 1.25 bits per heavy atom. The van der Waals surface area contributed by atoms with Crippen molar-refractivity contribution in [1.29, 1.82) is 0 Å². The van der Waals surface area contributed by atoms with Crippen molar-refractivity contribution < 1.29 is 4.74 Å². The Morgan fingerprint density at radius 3 is 2.88 bits per heavy atom. The van der Waals surface area contributed by atoms with E-state index in [1.807, 2.05) is 0 Å². The molecule has 1 aliphatic rings. The van der Waals surface area contributed by atoms with Crippen molar-refractivity contribution in [2.45, 2.75) is 71.0 Å². The summed E-state index contributed by atoms with van der Waals surface area (Å²) in [5.74, 6) is 6.30. The molecule has 0 aromatic rings. The van der Waals surface area contributed by atoms with E-state index in [-0.39, 0.29) is 12.2 Å². The first-order chi connectivity index (χ1) is 7.86. The van der Waals surface area contributed by atoms with Crippen LogP contribution in [0.1, 0.15) is 58.8 Å². The van der Waals surface area contributed by atoms with Crippen LogP contribution < -0.4 is 0 Å². The highest BCUT2D eigenvalue weighted by Crippen LogP contribution is 2.14. The number of allylic oxidation sites excluding steroid dienone is 1. The molecule has 90 valence electrons. The molecule has 0 aromatic carbocycles. The van der Waals surface area contributed by atoms with E-state index < -0.39 is 0 Å². The van der Waals surface area contributed by atoms with Gasteiger partial charge in [-0.25, -0.2) is 0 Å². The minimum absolute atomic E-state index is 0.140. The molecular formula is C15H24O. The van der Waals surface area contributed by atoms with Gasteiger partial charge in [0, 0.05) is 6.42 Å². The summed E-state index contributed by atoms with van der Waals surface area (Å²) >= 11 is 0. The molecule has 2 atom stereocenters. The lowest BCUT2D eigenvalue weighted by Gasteiger charge is -2.19. The standard InChI is InChI=1S/C15H24O/c1-3-5-6-8-12-15-13-10-7-9-11-14(4-2)16-15/h10,13-15H,3-8,12H2,1-2H3/b13-10-/t14-,15+/m1/s1. The molecule has 1 heterocycles. The average Bonchev–Trinajstić information content (AvgIpc) is 2.27. The van der Waals surface area contributed by atoms with E-state index >= 15 is 0 Å². The third-order valence-corrected chi connectivity index (χ3v) is 2.89. The van der Waals surface area contributed by atoms with Crippen molar-refractivity contribution in [2.24, 2.45) is 0 Å². The predicted molar refractivity (Wildman–Crippen MR) is 69.2 cm³/mol. The summed E-state index contributed by atoms with van der Waals surface area (Å²) < 4.78 is 5.96. The zero-order valence-corrected chi connectivity index (χ0v) is 10.7. The fourth-order valence-electron chi connectivity index (χ4n) is 1.88. The van der Waals surface area contributed by atoms with Gasteiger partial charge in [0.1, 0.15) is 6.10 Å². The van der Waals surface area contributed by atoms with Gasteiger partial charge in [-0.3, -0.25) is 0 Å². The molecule has 0 amide bonds. The van der Waals surface area contributed by atoms with Crippen molar-refractivity contribution in [3.05, 3.63) is 12.2 Å². The Kier molecular flexibility index (Phi) is 7.01. The van der Waals surface area contributed by atoms with Crippen LogP contribution in [0, 0.1) is 11.8 Å². The van der Waals surface area contributed by atoms with Gasteiger partial charge in [-0.1, -0.05) is 63.5 Å². The van der Waals surface area contributed by atoms with Crippen LogP contribution in [-0.2, 0) is 4.74 Å². The molecule has 0 saturated carbocycles. The number of unbranched alkanes of at least 4 members (excludes halogenated alkanes) is 3. The van der Waals surface area contributed by atoms with Crippen LogP contribution in [0.25, 0.3) is 0 Å². The Hall–Kier alpha value is -0.740. The number of hydrogen-bond acceptors (Lipinski definition) is 1. The first-order valence-electron chi connectivity index (χ1n) is 6.67. The summed E-state index contributed by atoms with van der Waals surface area (Å²) in [6.07, 6.45) is 13.0. The van der Waals surface area contributed by atoms with Gasteiger partial charge in [-0.15, -0.1) is 0 Å². The minimum Gasteiger partial charge on any atom is -0.358 e. The van der Waals surface area contributed by atoms with Crippen LogP contribution in [0.15, 0.2) is 12.2 Å². The lowest BCUT2D eigenvalue weighted by molar-refractivity contribution is 0.0383. The molecule has 0 aromatic heterocycles. The van der Waals surface area contributed by atoms with E-state index in [4.69, 9.17) is 4.74 Å². The molecule has 0 saturated heterocycles. The van der Waals surface area contributed by atoms with Crippen LogP contribution >= 0.6 is 0 Å². The summed E-state index contributed by atoms with van der Waals surface area (Å²) in [5.41, 5.74) is 0. The largest absolute Gasteiger partial charge is 0.358 e. The predicted octanol–water partition coefficient (Wildman–Crippen LogP) is 4.08. The van der Waals surface area contributed by atoms with Gasteiger partial charge in [-0.2, -0.15) is 0 Å². The molecule has 1 aliphatic heterocycles. The normalized spacial score (nSPS) is 26.4. The Bertz CT molecular complexity index is 256. The summed E-state index contributed by atoms with van der Waals surface area (Å²) in [5, 5.41) is 0. The third kappa shape index (κ3) is 5.37. The molecule has 16 heavy (non-hydrogen) atoms. The monoisotopic (exact) mass is 220 g/mol. The minimum atomic E-state index is 0.140. The van der Waals surface area contributed by atoms with E-state index in [1.165, 1.54) is 25.7 Å². The van der Waals surface area contributed by atoms with E-state index in [0.717, 1.165) is 19.3 Å². The first-order valence-corrected chi connectivity index (χ1v) is 6.67. The van der Waals surface area contributed by atoms with Gasteiger partial charge in [0.25, 0.3) is 0 Å². The maximum Gasteiger partial charge on any atom is 0.118 e. The van der Waals surface area contributed by atoms with Crippen LogP contribution in [0.2, 0.25) is 0 Å². The SMILES string of the molecule is CCCCCC[C@H]1/C=C\CC#C[C@@H](CC)O1. The van der Waals surface area contributed by atoms with Crippen molar-refractivity contribution in [2.75, 3.05) is 0 Å². The summed E-state index contributed by atoms with van der Waals surface area (Å²) in [4.78, 5) is 0. The van der Waals surface area contributed by atoms with E-state index in [2.05, 4.69) is 37.8 Å². The molecule has 1 rings (SSSR count). The zero-order chi connectivity index (χ0) is 11.6. The molecule has 0 bridgehead atoms. The van der Waals surface area contributed by atoms with Crippen molar-refractivity contribution in [1.82, 2.24) is 0 Å². The van der Waals surface area contributed by atoms with Crippen LogP contribution in [0.5, 0.6) is 0 Å². The molecule has 0 radical (unpaired) electrons. The first kappa shape index (κ1) is 13.3. The second kappa shape index (κ2) is 8.42. The van der Waals surface area contributed by atoms with E-state index in [1.54, 1.807) is 0 Å². The third-order valence-electron chi connectivity index (χ3n) is 2.89. The zero-order valence-electron chi connectivity index (χ0n) is 10.7. The second-order valence-corrected chi connectivity index (χ2v) is 4.37. The molecule has 1 heteroatoms. The van der Waals surface area contributed by atoms with Crippen LogP contribution in [0.4, 0.5) is 0 Å². The highest BCUT2D eigenvalue weighted by atomic mass is 16.5. The average molecular weight is 220 g/mol. The van der Waals surface area contributed by atoms with Crippen molar-refractivity contribution in [3.63, 3.8) is 0 Å². The quantitative estimate of drug-likeness (QED) is 0.372. The molecule has 0 aliphatic carbocycles. The fraction of sp³-hybridized carbons (Fsp3) is 0.733. The second-order valence-electron chi connectivity index (χ2n) is 4.37. The molecular weight excluding hydrogens is 196 g/mol. The summed E-state index contributed by atoms with van der Waals surface area (Å²) in [7, 11) is 0. The van der Waals surface area contributed by atoms with Gasteiger partial charge in [-0.05, 0) is 12.8 Å². The highest BCUT2D eigenvalue weighted by Gasteiger charge is 2.11. The lowest BCUT2D eigenvalue weighted by atomic mass is 10.1. The number of hydrogen-bond donors (Lipinski definition) is 0. The molecule has 0 fully saturated rings. The Morgan fingerprint density at radius 2 is 2.12 bits per heavy atom. The molecule has 0 spiro atoms. The fourth-order valence-corrected chi connectivity index (χ4v) is 1.88. The van der Waals surface area contributed by atoms with Crippen molar-refractivity contribution >= 4 is 0 Å². The van der Waals surface area contributed by atoms with Crippen LogP contribution in [0.3, 0.4) is 0 Å². The van der Waals surface area contributed by atoms with Gasteiger partial charge in [0.15, 0.2) is 0 Å². The van der Waals surface area contributed by atoms with E-state index in [0.29, 0.717) is 0 Å². The van der Waals surface area contributed by atoms with Crippen LogP contribution in [-0.4, -0.2) is 12.2 Å². The number of ether oxygens (including phenoxy) is 1. The van der Waals surface area contributed by atoms with Gasteiger partial charge < -0.3 is 4.74 Å². The van der Waals surface area contributed by atoms with E-state index in [9.17, 15) is 0 Å².